The Morgan fingerprint density at radius 3 is 2.50 bits per heavy atom. The Kier molecular flexibility index (Phi) is 6.37. The number of pyridine rings is 2. The highest BCUT2D eigenvalue weighted by atomic mass is 35.5. The maximum Gasteiger partial charge on any atom is 0.274 e. The molecule has 2 fully saturated rings. The minimum atomic E-state index is -0.583. The van der Waals surface area contributed by atoms with E-state index in [9.17, 15) is 14.0 Å². The third-order valence-corrected chi connectivity index (χ3v) is 8.62. The van der Waals surface area contributed by atoms with Gasteiger partial charge >= 0.3 is 0 Å². The van der Waals surface area contributed by atoms with E-state index in [0.717, 1.165) is 36.0 Å². The molecule has 2 aromatic carbocycles. The van der Waals surface area contributed by atoms with E-state index in [2.05, 4.69) is 10.3 Å². The van der Waals surface area contributed by atoms with Gasteiger partial charge in [0.05, 0.1) is 17.1 Å². The summed E-state index contributed by atoms with van der Waals surface area (Å²) in [4.78, 5) is 30.6. The minimum Gasteiger partial charge on any atom is -0.323 e. The molecule has 40 heavy (non-hydrogen) atoms. The Hall–Kier alpha value is -3.84. The quantitative estimate of drug-likeness (QED) is 0.267. The van der Waals surface area contributed by atoms with Crippen molar-refractivity contribution in [1.29, 1.82) is 0 Å². The van der Waals surface area contributed by atoms with Crippen LogP contribution in [0.4, 0.5) is 14.5 Å². The van der Waals surface area contributed by atoms with Crippen molar-refractivity contribution in [3.05, 3.63) is 110 Å². The van der Waals surface area contributed by atoms with Crippen LogP contribution in [0.25, 0.3) is 16.9 Å². The number of hydrogen-bond donors (Lipinski definition) is 1. The predicted molar refractivity (Wildman–Crippen MR) is 152 cm³/mol. The molecule has 0 radical (unpaired) electrons. The van der Waals surface area contributed by atoms with Crippen molar-refractivity contribution >= 4 is 23.2 Å². The molecule has 2 aliphatic rings. The first kappa shape index (κ1) is 26.4. The van der Waals surface area contributed by atoms with Gasteiger partial charge in [0, 0.05) is 22.9 Å². The number of hydrogen-bond acceptors (Lipinski definition) is 3. The maximum absolute atomic E-state index is 15.6. The molecule has 4 aromatic rings. The van der Waals surface area contributed by atoms with Crippen LogP contribution in [0, 0.1) is 30.9 Å². The third-order valence-electron chi connectivity index (χ3n) is 8.24. The highest BCUT2D eigenvalue weighted by molar-refractivity contribution is 6.31. The van der Waals surface area contributed by atoms with E-state index < -0.39 is 11.2 Å². The number of aryl methyl sites for hydroxylation is 2. The fourth-order valence-corrected chi connectivity index (χ4v) is 5.62. The van der Waals surface area contributed by atoms with Gasteiger partial charge < -0.3 is 5.32 Å². The molecule has 2 aromatic heterocycles. The van der Waals surface area contributed by atoms with Gasteiger partial charge in [0.1, 0.15) is 10.8 Å². The fraction of sp³-hybridized carbons (Fsp3) is 0.281. The van der Waals surface area contributed by atoms with E-state index in [1.165, 1.54) is 22.8 Å². The Morgan fingerprint density at radius 1 is 1.07 bits per heavy atom. The monoisotopic (exact) mass is 559 g/mol. The van der Waals surface area contributed by atoms with Gasteiger partial charge in [-0.1, -0.05) is 36.7 Å². The molecule has 0 aliphatic heterocycles. The first-order valence-corrected chi connectivity index (χ1v) is 13.7. The molecule has 2 saturated carbocycles. The smallest absolute Gasteiger partial charge is 0.274 e. The summed E-state index contributed by atoms with van der Waals surface area (Å²) < 4.78 is 30.5. The Bertz CT molecular complexity index is 1730. The molecule has 0 bridgehead atoms. The van der Waals surface area contributed by atoms with Gasteiger partial charge in [-0.05, 0) is 98.0 Å². The second-order valence-electron chi connectivity index (χ2n) is 11.2. The van der Waals surface area contributed by atoms with Gasteiger partial charge in [-0.3, -0.25) is 19.1 Å². The number of carbonyl (C=O) groups excluding carboxylic acids is 1. The zero-order chi connectivity index (χ0) is 28.3. The molecular formula is C32H28ClF2N3O2. The van der Waals surface area contributed by atoms with Crippen molar-refractivity contribution in [2.24, 2.45) is 5.41 Å². The molecule has 5 nitrogen and oxygen atoms in total. The number of anilines is 1. The number of nitrogens with zero attached hydrogens (tertiary/aromatic N) is 2. The van der Waals surface area contributed by atoms with Crippen LogP contribution in [-0.4, -0.2) is 15.5 Å². The average molecular weight is 560 g/mol. The molecule has 2 atom stereocenters. The van der Waals surface area contributed by atoms with Crippen LogP contribution in [0.15, 0.2) is 65.6 Å². The molecule has 2 heterocycles. The van der Waals surface area contributed by atoms with Crippen molar-refractivity contribution in [1.82, 2.24) is 9.55 Å². The zero-order valence-corrected chi connectivity index (χ0v) is 23.2. The number of rotatable bonds is 6. The van der Waals surface area contributed by atoms with Crippen LogP contribution in [0.5, 0.6) is 0 Å². The number of nitrogens with one attached hydrogen (secondary N) is 1. The first-order chi connectivity index (χ1) is 19.1. The third kappa shape index (κ3) is 4.62. The van der Waals surface area contributed by atoms with Gasteiger partial charge in [0.2, 0.25) is 5.91 Å². The van der Waals surface area contributed by atoms with E-state index in [4.69, 9.17) is 11.6 Å². The van der Waals surface area contributed by atoms with Crippen molar-refractivity contribution in [2.45, 2.75) is 51.9 Å². The fourth-order valence-electron chi connectivity index (χ4n) is 5.34. The second-order valence-corrected chi connectivity index (χ2v) is 11.6. The predicted octanol–water partition coefficient (Wildman–Crippen LogP) is 7.46. The maximum atomic E-state index is 15.6. The van der Waals surface area contributed by atoms with Crippen LogP contribution in [0.3, 0.4) is 0 Å². The molecule has 0 saturated heterocycles. The summed E-state index contributed by atoms with van der Waals surface area (Å²) >= 11 is 6.67. The van der Waals surface area contributed by atoms with Gasteiger partial charge in [-0.15, -0.1) is 0 Å². The Balaban J connectivity index is 1.34. The van der Waals surface area contributed by atoms with Gasteiger partial charge in [-0.2, -0.15) is 0 Å². The molecule has 204 valence electrons. The summed E-state index contributed by atoms with van der Waals surface area (Å²) in [7, 11) is 0. The minimum absolute atomic E-state index is 0.0815. The zero-order valence-electron chi connectivity index (χ0n) is 22.4. The van der Waals surface area contributed by atoms with Crippen LogP contribution in [-0.2, 0) is 4.79 Å². The van der Waals surface area contributed by atoms with Crippen molar-refractivity contribution < 1.29 is 13.6 Å². The van der Waals surface area contributed by atoms with E-state index >= 15 is 4.39 Å². The van der Waals surface area contributed by atoms with Crippen LogP contribution < -0.4 is 10.9 Å². The number of carbonyl (C=O) groups is 1. The highest BCUT2D eigenvalue weighted by Gasteiger charge is 2.45. The van der Waals surface area contributed by atoms with Gasteiger partial charge in [-0.25, -0.2) is 8.78 Å². The number of benzene rings is 2. The van der Waals surface area contributed by atoms with Crippen LogP contribution in [0.1, 0.15) is 60.4 Å². The molecule has 1 N–H and O–H groups in total. The number of amides is 1. The lowest BCUT2D eigenvalue weighted by atomic mass is 10.0. The molecule has 2 aliphatic carbocycles. The van der Waals surface area contributed by atoms with Crippen molar-refractivity contribution in [2.75, 3.05) is 5.32 Å². The molecule has 8 heteroatoms. The lowest BCUT2D eigenvalue weighted by Crippen LogP contribution is -2.23. The van der Waals surface area contributed by atoms with E-state index in [-0.39, 0.29) is 45.4 Å². The molecule has 0 spiro atoms. The Morgan fingerprint density at radius 2 is 1.80 bits per heavy atom. The lowest BCUT2D eigenvalue weighted by Gasteiger charge is -2.17. The summed E-state index contributed by atoms with van der Waals surface area (Å²) in [5, 5.41) is 2.86. The van der Waals surface area contributed by atoms with E-state index in [1.807, 2.05) is 26.8 Å². The summed E-state index contributed by atoms with van der Waals surface area (Å²) in [5.41, 5.74) is 3.60. The topological polar surface area (TPSA) is 64.0 Å². The number of aromatic nitrogens is 2. The van der Waals surface area contributed by atoms with Gasteiger partial charge in [0.15, 0.2) is 5.82 Å². The first-order valence-electron chi connectivity index (χ1n) is 13.3. The average Bonchev–Trinajstić information content (AvgIpc) is 3.86. The van der Waals surface area contributed by atoms with E-state index in [0.29, 0.717) is 17.1 Å². The number of halogens is 3. The van der Waals surface area contributed by atoms with E-state index in [1.54, 1.807) is 36.5 Å². The van der Waals surface area contributed by atoms with Crippen molar-refractivity contribution in [3.8, 4) is 16.9 Å². The summed E-state index contributed by atoms with van der Waals surface area (Å²) in [6, 6.07) is 14.8. The van der Waals surface area contributed by atoms with Gasteiger partial charge in [0.25, 0.3) is 5.56 Å². The summed E-state index contributed by atoms with van der Waals surface area (Å²) in [6.45, 7) is 5.53. The summed E-state index contributed by atoms with van der Waals surface area (Å²) in [6.07, 6.45) is 4.00. The van der Waals surface area contributed by atoms with Crippen molar-refractivity contribution in [3.63, 3.8) is 0 Å². The summed E-state index contributed by atoms with van der Waals surface area (Å²) in [5.74, 6) is -0.803. The molecular weight excluding hydrogens is 532 g/mol. The SMILES string of the molecule is Cc1cnc(-c2cccc(NC(=O)C3(C)CC3)c2F)cc1-n1c(C)cc([C@@H]2CC2c2ccc(F)cc2)c(Cl)c1=O. The molecule has 1 amide bonds. The van der Waals surface area contributed by atoms with Crippen LogP contribution in [0.2, 0.25) is 5.02 Å². The molecule has 6 rings (SSSR count). The largest absolute Gasteiger partial charge is 0.323 e. The van der Waals surface area contributed by atoms with Crippen LogP contribution >= 0.6 is 11.6 Å². The highest BCUT2D eigenvalue weighted by Crippen LogP contribution is 2.56. The lowest BCUT2D eigenvalue weighted by molar-refractivity contribution is -0.120. The normalized spacial score (nSPS) is 18.9. The second kappa shape index (κ2) is 9.66. The molecule has 1 unspecified atom stereocenters. The standard InChI is InChI=1S/C32H28ClF2N3O2/c1-17-16-36-26(21-5-4-6-25(29(21)35)37-31(40)32(3)11-12-32)15-27(17)38-18(2)13-24(28(33)30(38)39)23-14-22(23)19-7-9-20(34)10-8-19/h4-10,13,15-16,22-23H,11-12,14H2,1-3H3,(H,37,40)/t22?,23-/m1/s1. The Labute approximate surface area is 235 Å².